The number of methoxy groups -OCH3 is 1. The van der Waals surface area contributed by atoms with Gasteiger partial charge >= 0.3 is 5.97 Å². The normalized spacial score (nSPS) is 23.7. The number of allylic oxidation sites excluding steroid dienone is 1. The Morgan fingerprint density at radius 1 is 1.07 bits per heavy atom. The standard InChI is InChI=1S/C24H36O6/c1-18(20(26)17-23(12-9-15-25)10-5-3-6-11-23)16-19-21(27)29-24(30-22(19)28-2)13-7-4-8-14-24/h16,25H,3-15,17H2,1-2H3/b18-16-. The molecule has 0 amide bonds. The van der Waals surface area contributed by atoms with Gasteiger partial charge in [0.15, 0.2) is 5.78 Å². The summed E-state index contributed by atoms with van der Waals surface area (Å²) in [7, 11) is 1.47. The third-order valence-corrected chi connectivity index (χ3v) is 6.91. The third kappa shape index (κ3) is 5.26. The van der Waals surface area contributed by atoms with E-state index in [1.165, 1.54) is 13.5 Å². The van der Waals surface area contributed by atoms with Crippen LogP contribution in [-0.2, 0) is 23.8 Å². The molecule has 0 aromatic carbocycles. The molecule has 0 atom stereocenters. The maximum absolute atomic E-state index is 13.1. The maximum Gasteiger partial charge on any atom is 0.348 e. The largest absolute Gasteiger partial charge is 0.468 e. The molecule has 30 heavy (non-hydrogen) atoms. The number of aliphatic hydroxyl groups is 1. The number of carbonyl (C=O) groups is 2. The van der Waals surface area contributed by atoms with Gasteiger partial charge in [-0.2, -0.15) is 0 Å². The fourth-order valence-corrected chi connectivity index (χ4v) is 5.16. The van der Waals surface area contributed by atoms with Gasteiger partial charge in [0.2, 0.25) is 0 Å². The first-order chi connectivity index (χ1) is 14.4. The molecule has 168 valence electrons. The van der Waals surface area contributed by atoms with Crippen molar-refractivity contribution in [3.05, 3.63) is 23.2 Å². The smallest absolute Gasteiger partial charge is 0.348 e. The fourth-order valence-electron chi connectivity index (χ4n) is 5.16. The summed E-state index contributed by atoms with van der Waals surface area (Å²) in [5, 5.41) is 9.28. The van der Waals surface area contributed by atoms with Crippen molar-refractivity contribution in [2.45, 2.75) is 96.2 Å². The summed E-state index contributed by atoms with van der Waals surface area (Å²) in [5.74, 6) is -1.23. The highest BCUT2D eigenvalue weighted by atomic mass is 16.8. The number of carbonyl (C=O) groups excluding carboxylic acids is 2. The molecule has 6 nitrogen and oxygen atoms in total. The summed E-state index contributed by atoms with van der Waals surface area (Å²) in [6.45, 7) is 1.89. The van der Waals surface area contributed by atoms with Gasteiger partial charge in [-0.3, -0.25) is 4.79 Å². The Morgan fingerprint density at radius 2 is 1.70 bits per heavy atom. The summed E-state index contributed by atoms with van der Waals surface area (Å²) >= 11 is 0. The van der Waals surface area contributed by atoms with Crippen LogP contribution in [0.1, 0.15) is 90.4 Å². The number of ketones is 1. The molecule has 3 aliphatic rings. The number of rotatable bonds is 8. The van der Waals surface area contributed by atoms with Crippen LogP contribution in [0.2, 0.25) is 0 Å². The van der Waals surface area contributed by atoms with Crippen molar-refractivity contribution in [3.8, 4) is 0 Å². The summed E-state index contributed by atoms with van der Waals surface area (Å²) in [6.07, 6.45) is 13.4. The molecule has 2 saturated carbocycles. The van der Waals surface area contributed by atoms with Crippen LogP contribution < -0.4 is 0 Å². The van der Waals surface area contributed by atoms with E-state index in [2.05, 4.69) is 0 Å². The van der Waals surface area contributed by atoms with E-state index in [-0.39, 0.29) is 29.3 Å². The number of hydrogen-bond donors (Lipinski definition) is 1. The summed E-state index contributed by atoms with van der Waals surface area (Å²) in [6, 6.07) is 0. The van der Waals surface area contributed by atoms with Gasteiger partial charge in [-0.1, -0.05) is 25.7 Å². The van der Waals surface area contributed by atoms with E-state index in [4.69, 9.17) is 14.2 Å². The minimum atomic E-state index is -0.924. The zero-order valence-electron chi connectivity index (χ0n) is 18.5. The number of aliphatic hydroxyl groups excluding tert-OH is 1. The van der Waals surface area contributed by atoms with Gasteiger partial charge in [0.25, 0.3) is 11.7 Å². The number of Topliss-reactive ketones (excluding diaryl/α,β-unsaturated/α-hetero) is 1. The molecule has 2 aliphatic carbocycles. The topological polar surface area (TPSA) is 82.1 Å². The molecule has 2 fully saturated rings. The molecule has 6 heteroatoms. The van der Waals surface area contributed by atoms with Crippen LogP contribution in [0.4, 0.5) is 0 Å². The molecule has 1 N–H and O–H groups in total. The van der Waals surface area contributed by atoms with E-state index in [1.54, 1.807) is 13.0 Å². The fraction of sp³-hybridized carbons (Fsp3) is 0.750. The lowest BCUT2D eigenvalue weighted by atomic mass is 9.68. The van der Waals surface area contributed by atoms with E-state index in [1.807, 2.05) is 0 Å². The van der Waals surface area contributed by atoms with Crippen LogP contribution in [0.5, 0.6) is 0 Å². The Labute approximate surface area is 179 Å². The first-order valence-corrected chi connectivity index (χ1v) is 11.5. The van der Waals surface area contributed by atoms with E-state index in [0.717, 1.165) is 57.8 Å². The minimum Gasteiger partial charge on any atom is -0.468 e. The SMILES string of the molecule is COC1=C(/C=C(/C)C(=O)CC2(CCCO)CCCCC2)C(=O)OC2(CCCCC2)O1. The zero-order valence-corrected chi connectivity index (χ0v) is 18.5. The maximum atomic E-state index is 13.1. The minimum absolute atomic E-state index is 0.0311. The molecule has 1 heterocycles. The lowest BCUT2D eigenvalue weighted by Crippen LogP contribution is -2.44. The predicted octanol–water partition coefficient (Wildman–Crippen LogP) is 4.71. The zero-order chi connectivity index (χ0) is 21.6. The first-order valence-electron chi connectivity index (χ1n) is 11.5. The van der Waals surface area contributed by atoms with E-state index >= 15 is 0 Å². The van der Waals surface area contributed by atoms with Gasteiger partial charge in [0.1, 0.15) is 5.57 Å². The van der Waals surface area contributed by atoms with Gasteiger partial charge in [-0.05, 0) is 62.5 Å². The van der Waals surface area contributed by atoms with Crippen molar-refractivity contribution in [1.82, 2.24) is 0 Å². The molecule has 0 radical (unpaired) electrons. The molecular weight excluding hydrogens is 384 g/mol. The van der Waals surface area contributed by atoms with E-state index in [0.29, 0.717) is 24.8 Å². The summed E-state index contributed by atoms with van der Waals surface area (Å²) in [5.41, 5.74) is 0.641. The Balaban J connectivity index is 1.76. The molecule has 1 spiro atoms. The van der Waals surface area contributed by atoms with Crippen LogP contribution >= 0.6 is 0 Å². The first kappa shape index (κ1) is 22.9. The second kappa shape index (κ2) is 9.99. The molecule has 0 bridgehead atoms. The van der Waals surface area contributed by atoms with Gasteiger partial charge in [-0.15, -0.1) is 0 Å². The monoisotopic (exact) mass is 420 g/mol. The molecular formula is C24H36O6. The highest BCUT2D eigenvalue weighted by Gasteiger charge is 2.45. The van der Waals surface area contributed by atoms with Gasteiger partial charge in [0.05, 0.1) is 7.11 Å². The van der Waals surface area contributed by atoms with Crippen LogP contribution in [0.3, 0.4) is 0 Å². The van der Waals surface area contributed by atoms with Crippen molar-refractivity contribution < 1.29 is 28.9 Å². The highest BCUT2D eigenvalue weighted by molar-refractivity contribution is 6.00. The van der Waals surface area contributed by atoms with E-state index in [9.17, 15) is 14.7 Å². The van der Waals surface area contributed by atoms with E-state index < -0.39 is 11.8 Å². The quantitative estimate of drug-likeness (QED) is 0.452. The number of esters is 1. The van der Waals surface area contributed by atoms with Crippen molar-refractivity contribution in [2.75, 3.05) is 13.7 Å². The molecule has 0 aromatic rings. The second-order valence-electron chi connectivity index (χ2n) is 9.18. The lowest BCUT2D eigenvalue weighted by Gasteiger charge is -2.39. The number of hydrogen-bond acceptors (Lipinski definition) is 6. The van der Waals surface area contributed by atoms with Crippen molar-refractivity contribution in [3.63, 3.8) is 0 Å². The lowest BCUT2D eigenvalue weighted by molar-refractivity contribution is -0.251. The average Bonchev–Trinajstić information content (AvgIpc) is 2.75. The van der Waals surface area contributed by atoms with Gasteiger partial charge < -0.3 is 19.3 Å². The van der Waals surface area contributed by atoms with Crippen LogP contribution in [0, 0.1) is 5.41 Å². The van der Waals surface area contributed by atoms with Gasteiger partial charge in [0, 0.05) is 25.9 Å². The van der Waals surface area contributed by atoms with Crippen LogP contribution in [-0.4, -0.2) is 36.4 Å². The summed E-state index contributed by atoms with van der Waals surface area (Å²) in [4.78, 5) is 25.8. The Morgan fingerprint density at radius 3 is 2.30 bits per heavy atom. The average molecular weight is 421 g/mol. The Bertz CT molecular complexity index is 692. The third-order valence-electron chi connectivity index (χ3n) is 6.91. The van der Waals surface area contributed by atoms with Crippen LogP contribution in [0.15, 0.2) is 23.2 Å². The molecule has 0 unspecified atom stereocenters. The molecule has 0 saturated heterocycles. The number of ether oxygens (including phenoxy) is 3. The van der Waals surface area contributed by atoms with Crippen LogP contribution in [0.25, 0.3) is 0 Å². The second-order valence-corrected chi connectivity index (χ2v) is 9.18. The van der Waals surface area contributed by atoms with Crippen molar-refractivity contribution >= 4 is 11.8 Å². The molecule has 3 rings (SSSR count). The Hall–Kier alpha value is -1.82. The predicted molar refractivity (Wildman–Crippen MR) is 112 cm³/mol. The summed E-state index contributed by atoms with van der Waals surface area (Å²) < 4.78 is 17.0. The van der Waals surface area contributed by atoms with Gasteiger partial charge in [-0.25, -0.2) is 4.79 Å². The highest BCUT2D eigenvalue weighted by Crippen LogP contribution is 2.44. The Kier molecular flexibility index (Phi) is 7.61. The molecule has 0 aromatic heterocycles. The van der Waals surface area contributed by atoms with Crippen molar-refractivity contribution in [2.24, 2.45) is 5.41 Å². The molecule has 1 aliphatic heterocycles. The van der Waals surface area contributed by atoms with Crippen molar-refractivity contribution in [1.29, 1.82) is 0 Å².